The summed E-state index contributed by atoms with van der Waals surface area (Å²) in [6.45, 7) is 6.06. The highest BCUT2D eigenvalue weighted by atomic mass is 19.1. The Morgan fingerprint density at radius 3 is 2.58 bits per heavy atom. The highest BCUT2D eigenvalue weighted by molar-refractivity contribution is 5.39. The smallest absolute Gasteiger partial charge is 0.139 e. The molecule has 2 rings (SSSR count). The van der Waals surface area contributed by atoms with Gasteiger partial charge in [-0.25, -0.2) is 4.39 Å². The summed E-state index contributed by atoms with van der Waals surface area (Å²) in [5.41, 5.74) is 1.57. The third-order valence-corrected chi connectivity index (χ3v) is 4.91. The zero-order valence-corrected chi connectivity index (χ0v) is 14.9. The van der Waals surface area contributed by atoms with E-state index < -0.39 is 0 Å². The van der Waals surface area contributed by atoms with E-state index in [0.29, 0.717) is 17.4 Å². The summed E-state index contributed by atoms with van der Waals surface area (Å²) in [6, 6.07) is 5.45. The van der Waals surface area contributed by atoms with Crippen molar-refractivity contribution in [2.75, 3.05) is 0 Å². The molecule has 0 aromatic heterocycles. The van der Waals surface area contributed by atoms with Gasteiger partial charge in [0.15, 0.2) is 0 Å². The van der Waals surface area contributed by atoms with Crippen LogP contribution in [0, 0.1) is 29.5 Å². The molecule has 1 aliphatic rings. The molecule has 0 spiro atoms. The van der Waals surface area contributed by atoms with Crippen LogP contribution in [0.4, 0.5) is 4.39 Å². The van der Waals surface area contributed by atoms with E-state index in [9.17, 15) is 4.39 Å². The van der Waals surface area contributed by atoms with Crippen LogP contribution in [0.1, 0.15) is 63.0 Å². The maximum Gasteiger partial charge on any atom is 0.139 e. The van der Waals surface area contributed by atoms with E-state index in [1.807, 2.05) is 18.2 Å². The van der Waals surface area contributed by atoms with E-state index >= 15 is 0 Å². The standard InChI is InChI=1S/C23H29F/c1-3-5-6-10-21-16-17-22(23(24)18-21)11-8-7-9-20-14-12-19(4-2)13-15-20/h4,7,9,16-20H,2-3,5-6,10,12-15H2,1H3. The van der Waals surface area contributed by atoms with Gasteiger partial charge in [-0.1, -0.05) is 49.8 Å². The van der Waals surface area contributed by atoms with Gasteiger partial charge in [0.1, 0.15) is 5.82 Å². The summed E-state index contributed by atoms with van der Waals surface area (Å²) in [4.78, 5) is 0. The minimum absolute atomic E-state index is 0.198. The second kappa shape index (κ2) is 10.1. The maximum absolute atomic E-state index is 14.1. The van der Waals surface area contributed by atoms with Crippen LogP contribution >= 0.6 is 0 Å². The van der Waals surface area contributed by atoms with Crippen LogP contribution in [-0.2, 0) is 6.42 Å². The predicted octanol–water partition coefficient (Wildman–Crippen LogP) is 6.46. The van der Waals surface area contributed by atoms with Crippen molar-refractivity contribution in [3.63, 3.8) is 0 Å². The van der Waals surface area contributed by atoms with Gasteiger partial charge in [0.05, 0.1) is 5.56 Å². The van der Waals surface area contributed by atoms with E-state index in [1.54, 1.807) is 6.07 Å². The lowest BCUT2D eigenvalue weighted by Gasteiger charge is -2.23. The van der Waals surface area contributed by atoms with Gasteiger partial charge in [0, 0.05) is 0 Å². The van der Waals surface area contributed by atoms with E-state index in [1.165, 1.54) is 38.5 Å². The van der Waals surface area contributed by atoms with Crippen LogP contribution < -0.4 is 0 Å². The van der Waals surface area contributed by atoms with Crippen molar-refractivity contribution in [3.8, 4) is 11.8 Å². The summed E-state index contributed by atoms with van der Waals surface area (Å²) in [5, 5.41) is 0. The number of unbranched alkanes of at least 4 members (excludes halogenated alkanes) is 2. The first-order valence-corrected chi connectivity index (χ1v) is 9.32. The maximum atomic E-state index is 14.1. The molecule has 0 nitrogen and oxygen atoms in total. The number of halogens is 1. The zero-order valence-electron chi connectivity index (χ0n) is 14.9. The first-order valence-electron chi connectivity index (χ1n) is 9.32. The minimum Gasteiger partial charge on any atom is -0.206 e. The first kappa shape index (κ1) is 18.5. The van der Waals surface area contributed by atoms with Gasteiger partial charge < -0.3 is 0 Å². The van der Waals surface area contributed by atoms with Gasteiger partial charge in [0.2, 0.25) is 0 Å². The van der Waals surface area contributed by atoms with Crippen LogP contribution in [0.25, 0.3) is 0 Å². The largest absolute Gasteiger partial charge is 0.206 e. The number of allylic oxidation sites excluding steroid dienone is 3. The number of hydrogen-bond acceptors (Lipinski definition) is 0. The summed E-state index contributed by atoms with van der Waals surface area (Å²) in [6.07, 6.45) is 15.5. The van der Waals surface area contributed by atoms with Crippen LogP contribution in [0.2, 0.25) is 0 Å². The zero-order chi connectivity index (χ0) is 17.2. The van der Waals surface area contributed by atoms with Crippen molar-refractivity contribution in [1.82, 2.24) is 0 Å². The van der Waals surface area contributed by atoms with Crippen LogP contribution in [0.3, 0.4) is 0 Å². The van der Waals surface area contributed by atoms with Crippen LogP contribution in [-0.4, -0.2) is 0 Å². The molecule has 0 bridgehead atoms. The molecule has 1 saturated carbocycles. The molecule has 1 aliphatic carbocycles. The quantitative estimate of drug-likeness (QED) is 0.320. The predicted molar refractivity (Wildman–Crippen MR) is 101 cm³/mol. The van der Waals surface area contributed by atoms with Gasteiger partial charge in [-0.2, -0.15) is 0 Å². The minimum atomic E-state index is -0.198. The van der Waals surface area contributed by atoms with Gasteiger partial charge in [-0.15, -0.1) is 6.58 Å². The topological polar surface area (TPSA) is 0 Å². The second-order valence-corrected chi connectivity index (χ2v) is 6.81. The Hall–Kier alpha value is -1.81. The molecule has 0 atom stereocenters. The summed E-state index contributed by atoms with van der Waals surface area (Å²) >= 11 is 0. The molecule has 0 heterocycles. The molecule has 0 amide bonds. The van der Waals surface area contributed by atoms with E-state index in [-0.39, 0.29) is 5.82 Å². The Morgan fingerprint density at radius 1 is 1.17 bits per heavy atom. The van der Waals surface area contributed by atoms with Crippen molar-refractivity contribution in [3.05, 3.63) is 60.0 Å². The summed E-state index contributed by atoms with van der Waals surface area (Å²) in [7, 11) is 0. The lowest BCUT2D eigenvalue weighted by atomic mass is 9.82. The molecular formula is C23H29F. The molecule has 24 heavy (non-hydrogen) atoms. The van der Waals surface area contributed by atoms with Crippen molar-refractivity contribution in [2.45, 2.75) is 58.3 Å². The molecule has 1 aromatic carbocycles. The van der Waals surface area contributed by atoms with E-state index in [0.717, 1.165) is 18.4 Å². The molecule has 1 heteroatoms. The fraction of sp³-hybridized carbons (Fsp3) is 0.478. The molecule has 0 N–H and O–H groups in total. The van der Waals surface area contributed by atoms with Crippen LogP contribution in [0.5, 0.6) is 0 Å². The lowest BCUT2D eigenvalue weighted by molar-refractivity contribution is 0.357. The van der Waals surface area contributed by atoms with Crippen LogP contribution in [0.15, 0.2) is 43.0 Å². The number of hydrogen-bond donors (Lipinski definition) is 0. The average molecular weight is 324 g/mol. The normalized spacial score (nSPS) is 20.6. The van der Waals surface area contributed by atoms with Crippen molar-refractivity contribution < 1.29 is 4.39 Å². The Morgan fingerprint density at radius 2 is 1.92 bits per heavy atom. The third kappa shape index (κ3) is 6.00. The molecule has 1 aromatic rings. The molecule has 0 radical (unpaired) electrons. The van der Waals surface area contributed by atoms with Gasteiger partial charge >= 0.3 is 0 Å². The third-order valence-electron chi connectivity index (χ3n) is 4.91. The molecule has 128 valence electrons. The van der Waals surface area contributed by atoms with Crippen molar-refractivity contribution >= 4 is 0 Å². The molecule has 0 saturated heterocycles. The SMILES string of the molecule is C=CC1CCC(C=CC#Cc2ccc(CCCCC)cc2F)CC1. The second-order valence-electron chi connectivity index (χ2n) is 6.81. The number of rotatable bonds is 6. The Kier molecular flexibility index (Phi) is 7.83. The first-order chi connectivity index (χ1) is 11.7. The Balaban J connectivity index is 1.86. The van der Waals surface area contributed by atoms with Gasteiger partial charge in [-0.05, 0) is 74.1 Å². The number of benzene rings is 1. The molecule has 0 unspecified atom stereocenters. The van der Waals surface area contributed by atoms with E-state index in [2.05, 4.69) is 37.5 Å². The number of aryl methyl sites for hydroxylation is 1. The lowest BCUT2D eigenvalue weighted by Crippen LogP contribution is -2.10. The molecule has 1 fully saturated rings. The highest BCUT2D eigenvalue weighted by Gasteiger charge is 2.16. The van der Waals surface area contributed by atoms with E-state index in [4.69, 9.17) is 0 Å². The fourth-order valence-electron chi connectivity index (χ4n) is 3.27. The monoisotopic (exact) mass is 324 g/mol. The average Bonchev–Trinajstić information content (AvgIpc) is 2.61. The Bertz CT molecular complexity index is 607. The summed E-state index contributed by atoms with van der Waals surface area (Å²) in [5.74, 6) is 7.04. The Labute approximate surface area is 146 Å². The molecule has 0 aliphatic heterocycles. The fourth-order valence-corrected chi connectivity index (χ4v) is 3.27. The van der Waals surface area contributed by atoms with Gasteiger partial charge in [0.25, 0.3) is 0 Å². The van der Waals surface area contributed by atoms with Crippen molar-refractivity contribution in [1.29, 1.82) is 0 Å². The van der Waals surface area contributed by atoms with Gasteiger partial charge in [-0.3, -0.25) is 0 Å². The summed E-state index contributed by atoms with van der Waals surface area (Å²) < 4.78 is 14.1. The van der Waals surface area contributed by atoms with Crippen molar-refractivity contribution in [2.24, 2.45) is 11.8 Å². The highest BCUT2D eigenvalue weighted by Crippen LogP contribution is 2.29. The molecular weight excluding hydrogens is 295 g/mol.